The number of hydrogen-bond donors (Lipinski definition) is 2. The molecule has 0 aliphatic carbocycles. The number of hydrogen-bond acceptors (Lipinski definition) is 3. The summed E-state index contributed by atoms with van der Waals surface area (Å²) in [5.41, 5.74) is 2.37. The molecular formula is C19H28N2O2. The summed E-state index contributed by atoms with van der Waals surface area (Å²) in [6.45, 7) is 10.1. The summed E-state index contributed by atoms with van der Waals surface area (Å²) in [5, 5.41) is 6.35. The summed E-state index contributed by atoms with van der Waals surface area (Å²) in [7, 11) is 0. The average Bonchev–Trinajstić information content (AvgIpc) is 2.85. The van der Waals surface area contributed by atoms with Crippen molar-refractivity contribution in [1.82, 2.24) is 10.6 Å². The summed E-state index contributed by atoms with van der Waals surface area (Å²) in [4.78, 5) is 12.6. The number of benzene rings is 1. The van der Waals surface area contributed by atoms with Gasteiger partial charge in [0, 0.05) is 5.92 Å². The van der Waals surface area contributed by atoms with E-state index in [9.17, 15) is 4.79 Å². The molecule has 1 amide bonds. The molecule has 0 saturated heterocycles. The van der Waals surface area contributed by atoms with Crippen LogP contribution in [-0.4, -0.2) is 18.1 Å². The minimum atomic E-state index is -0.275. The van der Waals surface area contributed by atoms with Crippen LogP contribution in [0, 0.1) is 12.8 Å². The van der Waals surface area contributed by atoms with Crippen molar-refractivity contribution < 1.29 is 9.53 Å². The van der Waals surface area contributed by atoms with Crippen LogP contribution in [0.25, 0.3) is 0 Å². The maximum absolute atomic E-state index is 12.6. The van der Waals surface area contributed by atoms with Crippen LogP contribution in [0.15, 0.2) is 36.2 Å². The van der Waals surface area contributed by atoms with Gasteiger partial charge in [0.1, 0.15) is 6.04 Å². The number of nitrogens with one attached hydrogen (secondary N) is 2. The molecule has 1 aromatic carbocycles. The molecule has 0 fully saturated rings. The summed E-state index contributed by atoms with van der Waals surface area (Å²) in [6, 6.07) is 8.09. The highest BCUT2D eigenvalue weighted by Gasteiger charge is 2.32. The Morgan fingerprint density at radius 3 is 2.52 bits per heavy atom. The van der Waals surface area contributed by atoms with Crippen molar-refractivity contribution in [3.8, 4) is 0 Å². The van der Waals surface area contributed by atoms with Crippen molar-refractivity contribution in [2.24, 2.45) is 5.92 Å². The predicted molar refractivity (Wildman–Crippen MR) is 92.7 cm³/mol. The van der Waals surface area contributed by atoms with E-state index in [1.807, 2.05) is 26.8 Å². The fourth-order valence-corrected chi connectivity index (χ4v) is 2.78. The molecule has 1 aromatic rings. The molecule has 1 heterocycles. The van der Waals surface area contributed by atoms with E-state index in [-0.39, 0.29) is 30.0 Å². The molecule has 0 bridgehead atoms. The Bertz CT molecular complexity index is 563. The fraction of sp³-hybridized carbons (Fsp3) is 0.526. The summed E-state index contributed by atoms with van der Waals surface area (Å²) >= 11 is 0. The zero-order chi connectivity index (χ0) is 17.0. The lowest BCUT2D eigenvalue weighted by Crippen LogP contribution is -2.45. The monoisotopic (exact) mass is 316 g/mol. The first-order valence-electron chi connectivity index (χ1n) is 8.42. The third kappa shape index (κ3) is 4.50. The minimum Gasteiger partial charge on any atom is -0.477 e. The molecule has 4 heteroatoms. The highest BCUT2D eigenvalue weighted by Crippen LogP contribution is 2.21. The molecule has 1 aliphatic heterocycles. The van der Waals surface area contributed by atoms with E-state index in [0.29, 0.717) is 5.88 Å². The Labute approximate surface area is 139 Å². The lowest BCUT2D eigenvalue weighted by atomic mass is 10.0. The zero-order valence-corrected chi connectivity index (χ0v) is 14.7. The highest BCUT2D eigenvalue weighted by molar-refractivity contribution is 5.83. The molecule has 4 nitrogen and oxygen atoms in total. The van der Waals surface area contributed by atoms with Crippen molar-refractivity contribution in [1.29, 1.82) is 0 Å². The Balaban J connectivity index is 1.99. The van der Waals surface area contributed by atoms with Crippen LogP contribution in [0.1, 0.15) is 51.3 Å². The molecule has 0 radical (unpaired) electrons. The van der Waals surface area contributed by atoms with E-state index >= 15 is 0 Å². The smallest absolute Gasteiger partial charge is 0.243 e. The number of carbonyl (C=O) groups excluding carboxylic acids is 1. The first-order chi connectivity index (χ1) is 10.9. The van der Waals surface area contributed by atoms with Crippen LogP contribution in [0.2, 0.25) is 0 Å². The molecule has 3 atom stereocenters. The fourth-order valence-electron chi connectivity index (χ4n) is 2.78. The summed E-state index contributed by atoms with van der Waals surface area (Å²) in [5.74, 6) is 0.832. The quantitative estimate of drug-likeness (QED) is 0.845. The van der Waals surface area contributed by atoms with Crippen LogP contribution in [0.3, 0.4) is 0 Å². The Kier molecular flexibility index (Phi) is 5.69. The molecule has 1 aliphatic rings. The maximum atomic E-state index is 12.6. The van der Waals surface area contributed by atoms with Crippen LogP contribution >= 0.6 is 0 Å². The third-order valence-electron chi connectivity index (χ3n) is 4.09. The van der Waals surface area contributed by atoms with Crippen LogP contribution in [0.4, 0.5) is 0 Å². The van der Waals surface area contributed by atoms with E-state index in [2.05, 4.69) is 48.7 Å². The summed E-state index contributed by atoms with van der Waals surface area (Å²) in [6.07, 6.45) is 2.94. The number of amides is 1. The lowest BCUT2D eigenvalue weighted by Gasteiger charge is -2.23. The van der Waals surface area contributed by atoms with E-state index in [4.69, 9.17) is 4.74 Å². The number of ether oxygens (including phenoxy) is 1. The second-order valence-electron chi connectivity index (χ2n) is 6.56. The van der Waals surface area contributed by atoms with Gasteiger partial charge >= 0.3 is 0 Å². The highest BCUT2D eigenvalue weighted by atomic mass is 16.5. The van der Waals surface area contributed by atoms with E-state index < -0.39 is 0 Å². The lowest BCUT2D eigenvalue weighted by molar-refractivity contribution is -0.124. The van der Waals surface area contributed by atoms with Crippen LogP contribution in [-0.2, 0) is 9.53 Å². The molecule has 3 unspecified atom stereocenters. The molecule has 0 aromatic heterocycles. The van der Waals surface area contributed by atoms with Gasteiger partial charge in [0.05, 0.1) is 12.1 Å². The Hall–Kier alpha value is -1.97. The van der Waals surface area contributed by atoms with Crippen molar-refractivity contribution in [2.45, 2.75) is 59.2 Å². The van der Waals surface area contributed by atoms with Gasteiger partial charge < -0.3 is 15.4 Å². The third-order valence-corrected chi connectivity index (χ3v) is 4.09. The molecule has 126 valence electrons. The van der Waals surface area contributed by atoms with Crippen molar-refractivity contribution >= 4 is 5.91 Å². The molecular weight excluding hydrogens is 288 g/mol. The van der Waals surface area contributed by atoms with Gasteiger partial charge in [-0.15, -0.1) is 0 Å². The van der Waals surface area contributed by atoms with Crippen LogP contribution in [0.5, 0.6) is 0 Å². The molecule has 23 heavy (non-hydrogen) atoms. The molecule has 0 spiro atoms. The normalized spacial score (nSPS) is 21.6. The van der Waals surface area contributed by atoms with Gasteiger partial charge in [0.15, 0.2) is 5.88 Å². The second kappa shape index (κ2) is 7.53. The minimum absolute atomic E-state index is 0.0172. The Morgan fingerprint density at radius 2 is 1.96 bits per heavy atom. The maximum Gasteiger partial charge on any atom is 0.243 e. The van der Waals surface area contributed by atoms with Gasteiger partial charge in [-0.1, -0.05) is 43.7 Å². The van der Waals surface area contributed by atoms with Gasteiger partial charge in [0.2, 0.25) is 5.91 Å². The van der Waals surface area contributed by atoms with E-state index in [1.165, 1.54) is 5.56 Å². The van der Waals surface area contributed by atoms with Crippen molar-refractivity contribution in [2.75, 3.05) is 0 Å². The topological polar surface area (TPSA) is 50.4 Å². The van der Waals surface area contributed by atoms with Crippen molar-refractivity contribution in [3.63, 3.8) is 0 Å². The number of carbonyl (C=O) groups is 1. The first kappa shape index (κ1) is 17.4. The van der Waals surface area contributed by atoms with Gasteiger partial charge in [0.25, 0.3) is 0 Å². The van der Waals surface area contributed by atoms with Gasteiger partial charge in [-0.25, -0.2) is 0 Å². The van der Waals surface area contributed by atoms with Gasteiger partial charge in [-0.05, 0) is 38.8 Å². The average molecular weight is 316 g/mol. The van der Waals surface area contributed by atoms with Gasteiger partial charge in [-0.2, -0.15) is 0 Å². The first-order valence-corrected chi connectivity index (χ1v) is 8.42. The Morgan fingerprint density at radius 1 is 1.30 bits per heavy atom. The van der Waals surface area contributed by atoms with Gasteiger partial charge in [-0.3, -0.25) is 4.79 Å². The van der Waals surface area contributed by atoms with E-state index in [1.54, 1.807) is 0 Å². The second-order valence-corrected chi connectivity index (χ2v) is 6.56. The standard InChI is InChI=1S/C19H28N2O2/c1-6-16(15-9-7-13(4)8-10-15)20-19(22)18-14(5)11-17(21-18)23-12(2)3/h7-12,14,16,18,21H,6H2,1-5H3,(H,20,22). The molecule has 0 saturated carbocycles. The predicted octanol–water partition coefficient (Wildman–Crippen LogP) is 3.44. The summed E-state index contributed by atoms with van der Waals surface area (Å²) < 4.78 is 5.66. The molecule has 2 N–H and O–H groups in total. The largest absolute Gasteiger partial charge is 0.477 e. The number of aryl methyl sites for hydroxylation is 1. The van der Waals surface area contributed by atoms with Crippen LogP contribution < -0.4 is 10.6 Å². The number of rotatable bonds is 6. The van der Waals surface area contributed by atoms with Crippen molar-refractivity contribution in [3.05, 3.63) is 47.4 Å². The zero-order valence-electron chi connectivity index (χ0n) is 14.7. The SMILES string of the molecule is CCC(NC(=O)C1NC(OC(C)C)=CC1C)c1ccc(C)cc1. The van der Waals surface area contributed by atoms with E-state index in [0.717, 1.165) is 12.0 Å². The molecule has 2 rings (SSSR count).